The summed E-state index contributed by atoms with van der Waals surface area (Å²) in [4.78, 5) is 0. The van der Waals surface area contributed by atoms with E-state index < -0.39 is 0 Å². The molecule has 7 heavy (non-hydrogen) atoms. The van der Waals surface area contributed by atoms with Gasteiger partial charge < -0.3 is 0 Å². The van der Waals surface area contributed by atoms with E-state index in [-0.39, 0.29) is 17.4 Å². The smallest absolute Gasteiger partial charge is 0.0533 e. The van der Waals surface area contributed by atoms with Gasteiger partial charge in [0.1, 0.15) is 0 Å². The summed E-state index contributed by atoms with van der Waals surface area (Å²) in [5.41, 5.74) is 0. The zero-order valence-corrected chi connectivity index (χ0v) is 5.97. The van der Waals surface area contributed by atoms with Crippen molar-refractivity contribution in [3.8, 4) is 0 Å². The molecule has 0 N–H and O–H groups in total. The van der Waals surface area contributed by atoms with Crippen LogP contribution in [0.1, 0.15) is 38.5 Å². The molecule has 0 radical (unpaired) electrons. The monoisotopic (exact) mass is 111 g/mol. The molecule has 1 aliphatic rings. The molecule has 0 unspecified atom stereocenters. The van der Waals surface area contributed by atoms with Gasteiger partial charge in [0, 0.05) is 0 Å². The van der Waals surface area contributed by atoms with Gasteiger partial charge in [-0.05, 0) is 0 Å². The minimum atomic E-state index is 0. The molecular formula is C6H12Al+3. The first kappa shape index (κ1) is 7.53. The standard InChI is InChI=1S/C6H12.Al/c1-2-4-6-5-3-1;/h1-6H2;/q;+3. The van der Waals surface area contributed by atoms with E-state index in [0.717, 1.165) is 0 Å². The number of hydrogen-bond donors (Lipinski definition) is 0. The predicted octanol–water partition coefficient (Wildman–Crippen LogP) is 1.96. The van der Waals surface area contributed by atoms with Gasteiger partial charge in [-0.1, -0.05) is 38.5 Å². The fourth-order valence-electron chi connectivity index (χ4n) is 1.06. The van der Waals surface area contributed by atoms with Crippen molar-refractivity contribution in [1.82, 2.24) is 0 Å². The van der Waals surface area contributed by atoms with Gasteiger partial charge in [0.05, 0.1) is 0 Å². The summed E-state index contributed by atoms with van der Waals surface area (Å²) in [6, 6.07) is 0. The maximum atomic E-state index is 1.50. The second-order valence-electron chi connectivity index (χ2n) is 2.12. The second-order valence-corrected chi connectivity index (χ2v) is 2.12. The van der Waals surface area contributed by atoms with Gasteiger partial charge in [0.25, 0.3) is 0 Å². The van der Waals surface area contributed by atoms with Crippen molar-refractivity contribution >= 4 is 17.4 Å². The third-order valence-electron chi connectivity index (χ3n) is 1.50. The minimum absolute atomic E-state index is 0. The molecule has 0 bridgehead atoms. The average Bonchev–Trinajstić information content (AvgIpc) is 1.72. The average molecular weight is 111 g/mol. The molecule has 36 valence electrons. The van der Waals surface area contributed by atoms with Crippen molar-refractivity contribution in [2.75, 3.05) is 0 Å². The zero-order chi connectivity index (χ0) is 4.24. The normalized spacial score (nSPS) is 20.6. The molecule has 1 aliphatic carbocycles. The quantitative estimate of drug-likeness (QED) is 0.419. The molecule has 0 nitrogen and oxygen atoms in total. The van der Waals surface area contributed by atoms with Crippen molar-refractivity contribution in [3.05, 3.63) is 0 Å². The van der Waals surface area contributed by atoms with E-state index in [4.69, 9.17) is 0 Å². The molecule has 1 rings (SSSR count). The molecule has 0 aliphatic heterocycles. The van der Waals surface area contributed by atoms with Gasteiger partial charge in [-0.2, -0.15) is 0 Å². The number of rotatable bonds is 0. The maximum Gasteiger partial charge on any atom is 3.00 e. The third kappa shape index (κ3) is 3.14. The fraction of sp³-hybridized carbons (Fsp3) is 1.00. The van der Waals surface area contributed by atoms with Crippen LogP contribution in [0.2, 0.25) is 0 Å². The number of hydrogen-bond acceptors (Lipinski definition) is 0. The molecule has 0 aromatic rings. The Morgan fingerprint density at radius 1 is 0.429 bits per heavy atom. The zero-order valence-electron chi connectivity index (χ0n) is 4.82. The summed E-state index contributed by atoms with van der Waals surface area (Å²) in [5.74, 6) is 0. The topological polar surface area (TPSA) is 0 Å². The molecule has 0 aromatic carbocycles. The second kappa shape index (κ2) is 4.69. The Morgan fingerprint density at radius 2 is 0.571 bits per heavy atom. The Bertz CT molecular complexity index is 19.7. The van der Waals surface area contributed by atoms with Crippen LogP contribution in [0.5, 0.6) is 0 Å². The van der Waals surface area contributed by atoms with Crippen molar-refractivity contribution in [2.24, 2.45) is 0 Å². The van der Waals surface area contributed by atoms with Gasteiger partial charge in [-0.15, -0.1) is 0 Å². The SMILES string of the molecule is C1CCCCC1.[Al+3]. The Morgan fingerprint density at radius 3 is 0.714 bits per heavy atom. The Kier molecular flexibility index (Phi) is 5.04. The third-order valence-corrected chi connectivity index (χ3v) is 1.50. The molecule has 0 heterocycles. The van der Waals surface area contributed by atoms with Crippen molar-refractivity contribution in [1.29, 1.82) is 0 Å². The van der Waals surface area contributed by atoms with E-state index >= 15 is 0 Å². The molecule has 0 amide bonds. The van der Waals surface area contributed by atoms with Crippen LogP contribution in [0, 0.1) is 0 Å². The van der Waals surface area contributed by atoms with E-state index in [1.165, 1.54) is 38.5 Å². The summed E-state index contributed by atoms with van der Waals surface area (Å²) in [5, 5.41) is 0. The van der Waals surface area contributed by atoms with Gasteiger partial charge >= 0.3 is 17.4 Å². The van der Waals surface area contributed by atoms with Crippen LogP contribution >= 0.6 is 0 Å². The van der Waals surface area contributed by atoms with Crippen LogP contribution in [-0.4, -0.2) is 17.4 Å². The Hall–Kier alpha value is 0.532. The van der Waals surface area contributed by atoms with E-state index in [0.29, 0.717) is 0 Å². The summed E-state index contributed by atoms with van der Waals surface area (Å²) >= 11 is 0. The first-order chi connectivity index (χ1) is 3.00. The van der Waals surface area contributed by atoms with E-state index in [1.807, 2.05) is 0 Å². The van der Waals surface area contributed by atoms with Crippen LogP contribution in [0.4, 0.5) is 0 Å². The summed E-state index contributed by atoms with van der Waals surface area (Å²) < 4.78 is 0. The van der Waals surface area contributed by atoms with Gasteiger partial charge in [0.15, 0.2) is 0 Å². The largest absolute Gasteiger partial charge is 3.00 e. The molecule has 1 fully saturated rings. The van der Waals surface area contributed by atoms with Crippen LogP contribution in [0.25, 0.3) is 0 Å². The van der Waals surface area contributed by atoms with Crippen LogP contribution in [-0.2, 0) is 0 Å². The summed E-state index contributed by atoms with van der Waals surface area (Å²) in [6.07, 6.45) is 9.00. The first-order valence-electron chi connectivity index (χ1n) is 3.00. The summed E-state index contributed by atoms with van der Waals surface area (Å²) in [6.45, 7) is 0. The Labute approximate surface area is 56.4 Å². The first-order valence-corrected chi connectivity index (χ1v) is 3.00. The predicted molar refractivity (Wildman–Crippen MR) is 33.5 cm³/mol. The van der Waals surface area contributed by atoms with Gasteiger partial charge in [-0.3, -0.25) is 0 Å². The van der Waals surface area contributed by atoms with Crippen LogP contribution < -0.4 is 0 Å². The van der Waals surface area contributed by atoms with Crippen molar-refractivity contribution in [2.45, 2.75) is 38.5 Å². The molecule has 0 aromatic heterocycles. The molecule has 1 saturated carbocycles. The molecule has 0 saturated heterocycles. The van der Waals surface area contributed by atoms with Crippen LogP contribution in [0.15, 0.2) is 0 Å². The molecular weight excluding hydrogens is 99.0 g/mol. The molecule has 0 atom stereocenters. The van der Waals surface area contributed by atoms with Gasteiger partial charge in [-0.25, -0.2) is 0 Å². The van der Waals surface area contributed by atoms with E-state index in [9.17, 15) is 0 Å². The van der Waals surface area contributed by atoms with Crippen molar-refractivity contribution in [3.63, 3.8) is 0 Å². The summed E-state index contributed by atoms with van der Waals surface area (Å²) in [7, 11) is 0. The molecule has 1 heteroatoms. The van der Waals surface area contributed by atoms with Gasteiger partial charge in [0.2, 0.25) is 0 Å². The van der Waals surface area contributed by atoms with Crippen molar-refractivity contribution < 1.29 is 0 Å². The van der Waals surface area contributed by atoms with E-state index in [2.05, 4.69) is 0 Å². The molecule has 0 spiro atoms. The minimum Gasteiger partial charge on any atom is -0.0533 e. The van der Waals surface area contributed by atoms with E-state index in [1.54, 1.807) is 0 Å². The fourth-order valence-corrected chi connectivity index (χ4v) is 1.06. The Balaban J connectivity index is 0.000000360. The van der Waals surface area contributed by atoms with Crippen LogP contribution in [0.3, 0.4) is 0 Å². The maximum absolute atomic E-state index is 1.50.